The van der Waals surface area contributed by atoms with Gasteiger partial charge in [-0.05, 0) is 18.8 Å². The summed E-state index contributed by atoms with van der Waals surface area (Å²) < 4.78 is 5.16. The molecule has 1 saturated heterocycles. The summed E-state index contributed by atoms with van der Waals surface area (Å²) in [6.07, 6.45) is 1.33. The monoisotopic (exact) mass is 178 g/mol. The number of hydrogen-bond donors (Lipinski definition) is 1. The van der Waals surface area contributed by atoms with Crippen molar-refractivity contribution in [3.05, 3.63) is 0 Å². The zero-order valence-corrected chi connectivity index (χ0v) is 7.06. The molecule has 3 rings (SSSR count). The Morgan fingerprint density at radius 1 is 1.69 bits per heavy atom. The molecule has 2 N–H and O–H groups in total. The molecule has 2 bridgehead atoms. The molecule has 0 spiro atoms. The minimum Gasteiger partial charge on any atom is -0.459 e. The summed E-state index contributed by atoms with van der Waals surface area (Å²) in [5, 5.41) is 9.03. The van der Waals surface area contributed by atoms with E-state index in [2.05, 4.69) is 6.07 Å². The van der Waals surface area contributed by atoms with Gasteiger partial charge in [0.25, 0.3) is 0 Å². The summed E-state index contributed by atoms with van der Waals surface area (Å²) in [4.78, 5) is 11.5. The third kappa shape index (κ3) is 0.574. The molecule has 5 unspecified atom stereocenters. The Kier molecular flexibility index (Phi) is 1.06. The molecule has 2 saturated carbocycles. The van der Waals surface area contributed by atoms with Crippen LogP contribution >= 0.6 is 0 Å². The quantitative estimate of drug-likeness (QED) is 0.521. The van der Waals surface area contributed by atoms with E-state index in [1.165, 1.54) is 0 Å². The molecular weight excluding hydrogens is 168 g/mol. The zero-order valence-electron chi connectivity index (χ0n) is 7.06. The molecule has 68 valence electrons. The molecule has 1 heterocycles. The van der Waals surface area contributed by atoms with E-state index >= 15 is 0 Å². The highest BCUT2D eigenvalue weighted by Crippen LogP contribution is 2.60. The van der Waals surface area contributed by atoms with E-state index in [-0.39, 0.29) is 24.0 Å². The fourth-order valence-electron chi connectivity index (χ4n) is 3.22. The number of nitrogens with zero attached hydrogens (tertiary/aromatic N) is 1. The van der Waals surface area contributed by atoms with E-state index in [0.717, 1.165) is 6.42 Å². The number of carbonyl (C=O) groups is 1. The molecular formula is C9H10N2O2. The van der Waals surface area contributed by atoms with Crippen molar-refractivity contribution in [2.75, 3.05) is 0 Å². The first-order chi connectivity index (χ1) is 6.19. The maximum absolute atomic E-state index is 11.5. The molecule has 0 amide bonds. The van der Waals surface area contributed by atoms with Crippen LogP contribution in [0.4, 0.5) is 0 Å². The van der Waals surface area contributed by atoms with Gasteiger partial charge in [-0.15, -0.1) is 0 Å². The third-order valence-electron chi connectivity index (χ3n) is 3.90. The zero-order chi connectivity index (χ0) is 9.22. The van der Waals surface area contributed by atoms with Crippen LogP contribution < -0.4 is 5.73 Å². The molecule has 4 heteroatoms. The van der Waals surface area contributed by atoms with Gasteiger partial charge in [0.05, 0.1) is 6.07 Å². The Labute approximate surface area is 75.6 Å². The lowest BCUT2D eigenvalue weighted by molar-refractivity contribution is -0.145. The number of hydrogen-bond acceptors (Lipinski definition) is 4. The van der Waals surface area contributed by atoms with Gasteiger partial charge in [0, 0.05) is 12.0 Å². The SMILES string of the molecule is N#CC12CC3CC1C(OC2=O)C3N. The number of nitrogens with two attached hydrogens (primary N) is 1. The topological polar surface area (TPSA) is 76.1 Å². The van der Waals surface area contributed by atoms with Crippen LogP contribution in [0.3, 0.4) is 0 Å². The maximum atomic E-state index is 11.5. The predicted molar refractivity (Wildman–Crippen MR) is 42.1 cm³/mol. The first-order valence-electron chi connectivity index (χ1n) is 4.57. The Bertz CT molecular complexity index is 335. The van der Waals surface area contributed by atoms with Gasteiger partial charge >= 0.3 is 5.97 Å². The molecule has 0 aromatic rings. The molecule has 13 heavy (non-hydrogen) atoms. The molecule has 3 fully saturated rings. The average Bonchev–Trinajstić information content (AvgIpc) is 2.68. The molecule has 5 atom stereocenters. The first-order valence-corrected chi connectivity index (χ1v) is 4.57. The van der Waals surface area contributed by atoms with E-state index in [0.29, 0.717) is 12.3 Å². The second kappa shape index (κ2) is 1.88. The highest BCUT2D eigenvalue weighted by molar-refractivity contribution is 5.84. The first kappa shape index (κ1) is 7.34. The molecule has 3 aliphatic rings. The Morgan fingerprint density at radius 2 is 2.46 bits per heavy atom. The van der Waals surface area contributed by atoms with Crippen LogP contribution in [-0.4, -0.2) is 18.1 Å². The van der Waals surface area contributed by atoms with E-state index < -0.39 is 5.41 Å². The van der Waals surface area contributed by atoms with Crippen molar-refractivity contribution in [3.63, 3.8) is 0 Å². The van der Waals surface area contributed by atoms with E-state index in [1.54, 1.807) is 0 Å². The summed E-state index contributed by atoms with van der Waals surface area (Å²) in [5.74, 6) is 0.0616. The summed E-state index contributed by atoms with van der Waals surface area (Å²) in [7, 11) is 0. The fourth-order valence-corrected chi connectivity index (χ4v) is 3.22. The average molecular weight is 178 g/mol. The summed E-state index contributed by atoms with van der Waals surface area (Å²) in [6, 6.07) is 2.11. The molecule has 1 aliphatic heterocycles. The van der Waals surface area contributed by atoms with Crippen molar-refractivity contribution in [2.45, 2.75) is 25.0 Å². The van der Waals surface area contributed by atoms with E-state index in [4.69, 9.17) is 15.7 Å². The van der Waals surface area contributed by atoms with Crippen molar-refractivity contribution >= 4 is 5.97 Å². The molecule has 0 radical (unpaired) electrons. The second-order valence-corrected chi connectivity index (χ2v) is 4.34. The third-order valence-corrected chi connectivity index (χ3v) is 3.90. The lowest BCUT2D eigenvalue weighted by atomic mass is 9.74. The highest BCUT2D eigenvalue weighted by Gasteiger charge is 2.70. The van der Waals surface area contributed by atoms with E-state index in [1.807, 2.05) is 0 Å². The second-order valence-electron chi connectivity index (χ2n) is 4.34. The molecule has 0 aromatic carbocycles. The largest absolute Gasteiger partial charge is 0.459 e. The normalized spacial score (nSPS) is 56.5. The van der Waals surface area contributed by atoms with Crippen LogP contribution in [0.15, 0.2) is 0 Å². The van der Waals surface area contributed by atoms with Gasteiger partial charge in [0.2, 0.25) is 0 Å². The molecule has 2 aliphatic carbocycles. The van der Waals surface area contributed by atoms with Gasteiger partial charge in [-0.1, -0.05) is 0 Å². The smallest absolute Gasteiger partial charge is 0.327 e. The van der Waals surface area contributed by atoms with Crippen molar-refractivity contribution in [2.24, 2.45) is 23.0 Å². The molecule has 0 aromatic heterocycles. The highest BCUT2D eigenvalue weighted by atomic mass is 16.6. The van der Waals surface area contributed by atoms with Crippen LogP contribution in [0.5, 0.6) is 0 Å². The summed E-state index contributed by atoms with van der Waals surface area (Å²) in [6.45, 7) is 0. The minimum absolute atomic E-state index is 0.0297. The number of nitriles is 1. The van der Waals surface area contributed by atoms with E-state index in [9.17, 15) is 4.79 Å². The van der Waals surface area contributed by atoms with Crippen LogP contribution in [-0.2, 0) is 9.53 Å². The van der Waals surface area contributed by atoms with Crippen molar-refractivity contribution < 1.29 is 9.53 Å². The van der Waals surface area contributed by atoms with Gasteiger partial charge < -0.3 is 10.5 Å². The van der Waals surface area contributed by atoms with Crippen molar-refractivity contribution in [3.8, 4) is 6.07 Å². The fraction of sp³-hybridized carbons (Fsp3) is 0.778. The minimum atomic E-state index is -0.828. The maximum Gasteiger partial charge on any atom is 0.327 e. The van der Waals surface area contributed by atoms with Gasteiger partial charge in [0.1, 0.15) is 6.10 Å². The Hall–Kier alpha value is -1.08. The molecule has 4 nitrogen and oxygen atoms in total. The van der Waals surface area contributed by atoms with Crippen molar-refractivity contribution in [1.29, 1.82) is 5.26 Å². The van der Waals surface area contributed by atoms with Gasteiger partial charge in [0.15, 0.2) is 5.41 Å². The van der Waals surface area contributed by atoms with Gasteiger partial charge in [-0.2, -0.15) is 5.26 Å². The number of esters is 1. The lowest BCUT2D eigenvalue weighted by Crippen LogP contribution is -2.42. The number of carbonyl (C=O) groups excluding carboxylic acids is 1. The number of ether oxygens (including phenoxy) is 1. The van der Waals surface area contributed by atoms with Gasteiger partial charge in [-0.3, -0.25) is 4.79 Å². The van der Waals surface area contributed by atoms with Crippen LogP contribution in [0.2, 0.25) is 0 Å². The predicted octanol–water partition coefficient (Wildman–Crippen LogP) is -0.211. The van der Waals surface area contributed by atoms with Crippen LogP contribution in [0, 0.1) is 28.6 Å². The summed E-state index contributed by atoms with van der Waals surface area (Å²) in [5.41, 5.74) is 5.06. The number of rotatable bonds is 0. The summed E-state index contributed by atoms with van der Waals surface area (Å²) >= 11 is 0. The van der Waals surface area contributed by atoms with Crippen molar-refractivity contribution in [1.82, 2.24) is 0 Å². The standard InChI is InChI=1S/C9H10N2O2/c10-3-9-2-4-1-5(9)7(6(4)11)13-8(9)12/h4-7H,1-2,11H2. The Morgan fingerprint density at radius 3 is 3.08 bits per heavy atom. The lowest BCUT2D eigenvalue weighted by Gasteiger charge is -2.24. The van der Waals surface area contributed by atoms with Crippen LogP contribution in [0.1, 0.15) is 12.8 Å². The van der Waals surface area contributed by atoms with Crippen LogP contribution in [0.25, 0.3) is 0 Å². The number of fused-ring (bicyclic) bond motifs is 1. The Balaban J connectivity index is 2.12. The van der Waals surface area contributed by atoms with Gasteiger partial charge in [-0.25, -0.2) is 0 Å².